The Hall–Kier alpha value is -2.22. The molecule has 1 rings (SSSR count). The maximum atomic E-state index is 10.6. The number of rotatable bonds is 6. The van der Waals surface area contributed by atoms with Gasteiger partial charge in [0.25, 0.3) is 0 Å². The van der Waals surface area contributed by atoms with E-state index in [1.165, 1.54) is 0 Å². The molecule has 0 unspecified atom stereocenters. The Kier molecular flexibility index (Phi) is 4.82. The summed E-state index contributed by atoms with van der Waals surface area (Å²) in [6.07, 6.45) is -0.0142. The third-order valence-electron chi connectivity index (χ3n) is 2.28. The number of nitriles is 1. The maximum absolute atomic E-state index is 10.6. The van der Waals surface area contributed by atoms with Gasteiger partial charge in [-0.15, -0.1) is 0 Å². The molecule has 0 radical (unpaired) electrons. The monoisotopic (exact) mass is 234 g/mol. The number of methoxy groups -OCH3 is 1. The van der Waals surface area contributed by atoms with E-state index in [1.54, 1.807) is 24.1 Å². The van der Waals surface area contributed by atoms with Gasteiger partial charge in [0.15, 0.2) is 0 Å². The summed E-state index contributed by atoms with van der Waals surface area (Å²) in [6.45, 7) is 0.414. The molecule has 0 amide bonds. The van der Waals surface area contributed by atoms with Gasteiger partial charge in [-0.2, -0.15) is 5.26 Å². The van der Waals surface area contributed by atoms with Gasteiger partial charge in [0, 0.05) is 6.54 Å². The van der Waals surface area contributed by atoms with E-state index in [1.807, 2.05) is 18.2 Å². The number of para-hydroxylation sites is 2. The van der Waals surface area contributed by atoms with E-state index < -0.39 is 5.97 Å². The molecule has 5 heteroatoms. The topological polar surface area (TPSA) is 73.6 Å². The molecule has 0 aliphatic carbocycles. The van der Waals surface area contributed by atoms with Crippen LogP contribution in [0.25, 0.3) is 0 Å². The molecule has 0 fully saturated rings. The molecule has 1 N–H and O–H groups in total. The van der Waals surface area contributed by atoms with Crippen LogP contribution in [-0.2, 0) is 4.79 Å². The fourth-order valence-electron chi connectivity index (χ4n) is 1.49. The zero-order valence-corrected chi connectivity index (χ0v) is 9.59. The highest BCUT2D eigenvalue weighted by Crippen LogP contribution is 2.27. The summed E-state index contributed by atoms with van der Waals surface area (Å²) in [7, 11) is 1.54. The van der Waals surface area contributed by atoms with E-state index in [9.17, 15) is 4.79 Å². The predicted octanol–water partition coefficient (Wildman–Crippen LogP) is 1.50. The van der Waals surface area contributed by atoms with E-state index in [-0.39, 0.29) is 19.5 Å². The van der Waals surface area contributed by atoms with Crippen LogP contribution < -0.4 is 9.64 Å². The molecule has 0 heterocycles. The lowest BCUT2D eigenvalue weighted by atomic mass is 10.2. The number of carboxylic acids is 1. The second-order valence-corrected chi connectivity index (χ2v) is 3.40. The minimum atomic E-state index is -0.886. The van der Waals surface area contributed by atoms with E-state index >= 15 is 0 Å². The molecule has 0 saturated carbocycles. The van der Waals surface area contributed by atoms with Crippen LogP contribution in [0.1, 0.15) is 6.42 Å². The maximum Gasteiger partial charge on any atom is 0.305 e. The van der Waals surface area contributed by atoms with Crippen molar-refractivity contribution >= 4 is 11.7 Å². The van der Waals surface area contributed by atoms with Crippen LogP contribution in [0.5, 0.6) is 5.75 Å². The first kappa shape index (κ1) is 12.8. The average Bonchev–Trinajstić information content (AvgIpc) is 2.34. The van der Waals surface area contributed by atoms with Gasteiger partial charge >= 0.3 is 5.97 Å². The molecule has 17 heavy (non-hydrogen) atoms. The second kappa shape index (κ2) is 6.38. The van der Waals surface area contributed by atoms with E-state index in [0.717, 1.165) is 5.69 Å². The van der Waals surface area contributed by atoms with Crippen molar-refractivity contribution in [3.05, 3.63) is 24.3 Å². The van der Waals surface area contributed by atoms with Gasteiger partial charge < -0.3 is 14.7 Å². The molecule has 0 spiro atoms. The standard InChI is InChI=1S/C12H14N2O3/c1-17-11-5-3-2-4-10(11)14(9-7-13)8-6-12(15)16/h2-5H,6,8-9H2,1H3,(H,15,16). The fourth-order valence-corrected chi connectivity index (χ4v) is 1.49. The summed E-state index contributed by atoms with van der Waals surface area (Å²) in [4.78, 5) is 12.2. The van der Waals surface area contributed by atoms with Gasteiger partial charge in [0.1, 0.15) is 12.3 Å². The van der Waals surface area contributed by atoms with Crippen molar-refractivity contribution in [2.24, 2.45) is 0 Å². The number of hydrogen-bond donors (Lipinski definition) is 1. The molecule has 5 nitrogen and oxygen atoms in total. The number of benzene rings is 1. The summed E-state index contributed by atoms with van der Waals surface area (Å²) in [6, 6.07) is 9.25. The Bertz CT molecular complexity index is 426. The molecule has 0 atom stereocenters. The molecule has 0 aliphatic rings. The fraction of sp³-hybridized carbons (Fsp3) is 0.333. The Morgan fingerprint density at radius 2 is 2.24 bits per heavy atom. The third-order valence-corrected chi connectivity index (χ3v) is 2.28. The van der Waals surface area contributed by atoms with Crippen LogP contribution in [0.4, 0.5) is 5.69 Å². The Labute approximate surface area is 99.8 Å². The first-order chi connectivity index (χ1) is 8.19. The van der Waals surface area contributed by atoms with Gasteiger partial charge in [0.05, 0.1) is 25.3 Å². The number of anilines is 1. The van der Waals surface area contributed by atoms with Crippen molar-refractivity contribution in [1.82, 2.24) is 0 Å². The summed E-state index contributed by atoms with van der Waals surface area (Å²) in [5.74, 6) is -0.254. The van der Waals surface area contributed by atoms with Crippen LogP contribution in [0.15, 0.2) is 24.3 Å². The van der Waals surface area contributed by atoms with E-state index in [4.69, 9.17) is 15.1 Å². The van der Waals surface area contributed by atoms with Crippen LogP contribution in [0.3, 0.4) is 0 Å². The molecular formula is C12H14N2O3. The van der Waals surface area contributed by atoms with Crippen molar-refractivity contribution in [3.8, 4) is 11.8 Å². The largest absolute Gasteiger partial charge is 0.495 e. The molecule has 0 bridgehead atoms. The van der Waals surface area contributed by atoms with Gasteiger partial charge in [-0.25, -0.2) is 0 Å². The highest BCUT2D eigenvalue weighted by Gasteiger charge is 2.12. The average molecular weight is 234 g/mol. The lowest BCUT2D eigenvalue weighted by molar-refractivity contribution is -0.136. The third kappa shape index (κ3) is 3.68. The summed E-state index contributed by atoms with van der Waals surface area (Å²) in [5.41, 5.74) is 0.734. The van der Waals surface area contributed by atoms with Gasteiger partial charge in [-0.3, -0.25) is 4.79 Å². The highest BCUT2D eigenvalue weighted by molar-refractivity contribution is 5.68. The van der Waals surface area contributed by atoms with Crippen LogP contribution in [0.2, 0.25) is 0 Å². The van der Waals surface area contributed by atoms with Crippen LogP contribution in [-0.4, -0.2) is 31.3 Å². The summed E-state index contributed by atoms with van der Waals surface area (Å²) in [5, 5.41) is 17.4. The lowest BCUT2D eigenvalue weighted by Gasteiger charge is -2.22. The first-order valence-electron chi connectivity index (χ1n) is 5.15. The van der Waals surface area contributed by atoms with Crippen molar-refractivity contribution in [3.63, 3.8) is 0 Å². The smallest absolute Gasteiger partial charge is 0.305 e. The molecule has 0 aromatic heterocycles. The first-order valence-corrected chi connectivity index (χ1v) is 5.15. The Morgan fingerprint density at radius 1 is 1.53 bits per heavy atom. The molecule has 0 aliphatic heterocycles. The van der Waals surface area contributed by atoms with Crippen LogP contribution in [0, 0.1) is 11.3 Å². The van der Waals surface area contributed by atoms with Crippen molar-refractivity contribution in [1.29, 1.82) is 5.26 Å². The summed E-state index contributed by atoms with van der Waals surface area (Å²) >= 11 is 0. The van der Waals surface area contributed by atoms with Crippen molar-refractivity contribution in [2.75, 3.05) is 25.1 Å². The molecule has 0 saturated heterocycles. The summed E-state index contributed by atoms with van der Waals surface area (Å²) < 4.78 is 5.18. The van der Waals surface area contributed by atoms with Crippen LogP contribution >= 0.6 is 0 Å². The number of hydrogen-bond acceptors (Lipinski definition) is 4. The minimum absolute atomic E-state index is 0.0142. The molecule has 1 aromatic rings. The van der Waals surface area contributed by atoms with E-state index in [0.29, 0.717) is 5.75 Å². The quantitative estimate of drug-likeness (QED) is 0.755. The van der Waals surface area contributed by atoms with Crippen molar-refractivity contribution < 1.29 is 14.6 Å². The molecule has 90 valence electrons. The number of ether oxygens (including phenoxy) is 1. The Morgan fingerprint density at radius 3 is 2.82 bits per heavy atom. The minimum Gasteiger partial charge on any atom is -0.495 e. The van der Waals surface area contributed by atoms with Gasteiger partial charge in [0.2, 0.25) is 0 Å². The Balaban J connectivity index is 2.88. The number of carbonyl (C=O) groups is 1. The predicted molar refractivity (Wildman–Crippen MR) is 63.1 cm³/mol. The van der Waals surface area contributed by atoms with E-state index in [2.05, 4.69) is 0 Å². The number of aliphatic carboxylic acids is 1. The zero-order chi connectivity index (χ0) is 12.7. The lowest BCUT2D eigenvalue weighted by Crippen LogP contribution is -2.26. The highest BCUT2D eigenvalue weighted by atomic mass is 16.5. The zero-order valence-electron chi connectivity index (χ0n) is 9.59. The normalized spacial score (nSPS) is 9.41. The molecular weight excluding hydrogens is 220 g/mol. The van der Waals surface area contributed by atoms with Gasteiger partial charge in [-0.1, -0.05) is 12.1 Å². The van der Waals surface area contributed by atoms with Gasteiger partial charge in [-0.05, 0) is 12.1 Å². The number of carboxylic acid groups (broad SMARTS) is 1. The SMILES string of the molecule is COc1ccccc1N(CC#N)CCC(=O)O. The second-order valence-electron chi connectivity index (χ2n) is 3.40. The molecule has 1 aromatic carbocycles. The van der Waals surface area contributed by atoms with Crippen molar-refractivity contribution in [2.45, 2.75) is 6.42 Å². The number of nitrogens with zero attached hydrogens (tertiary/aromatic N) is 2.